The Morgan fingerprint density at radius 3 is 2.42 bits per heavy atom. The second kappa shape index (κ2) is 6.15. The minimum absolute atomic E-state index is 0.0538. The second-order valence-corrected chi connectivity index (χ2v) is 5.35. The van der Waals surface area contributed by atoms with Gasteiger partial charge in [-0.1, -0.05) is 32.0 Å². The lowest BCUT2D eigenvalue weighted by atomic mass is 10.1. The normalized spacial score (nSPS) is 16.9. The summed E-state index contributed by atoms with van der Waals surface area (Å²) in [6, 6.07) is 6.88. The van der Waals surface area contributed by atoms with E-state index in [0.717, 1.165) is 31.7 Å². The van der Waals surface area contributed by atoms with Crippen molar-refractivity contribution in [2.75, 3.05) is 26.2 Å². The summed E-state index contributed by atoms with van der Waals surface area (Å²) in [4.78, 5) is 16.0. The zero-order valence-electron chi connectivity index (χ0n) is 11.6. The smallest absolute Gasteiger partial charge is 0.225 e. The first kappa shape index (κ1) is 14.0. The van der Waals surface area contributed by atoms with E-state index >= 15 is 0 Å². The van der Waals surface area contributed by atoms with Gasteiger partial charge in [-0.05, 0) is 6.07 Å². The Balaban J connectivity index is 1.87. The number of halogens is 1. The molecule has 1 amide bonds. The fourth-order valence-electron chi connectivity index (χ4n) is 2.36. The van der Waals surface area contributed by atoms with Crippen LogP contribution in [0.1, 0.15) is 19.4 Å². The van der Waals surface area contributed by atoms with E-state index in [9.17, 15) is 9.18 Å². The highest BCUT2D eigenvalue weighted by Gasteiger charge is 2.23. The number of benzene rings is 1. The Bertz CT molecular complexity index is 440. The first-order valence-corrected chi connectivity index (χ1v) is 6.82. The molecule has 0 bridgehead atoms. The van der Waals surface area contributed by atoms with Crippen LogP contribution < -0.4 is 0 Å². The zero-order chi connectivity index (χ0) is 13.8. The zero-order valence-corrected chi connectivity index (χ0v) is 11.6. The first-order valence-electron chi connectivity index (χ1n) is 6.82. The van der Waals surface area contributed by atoms with Gasteiger partial charge in [0.15, 0.2) is 0 Å². The van der Waals surface area contributed by atoms with Gasteiger partial charge in [-0.3, -0.25) is 9.69 Å². The Labute approximate surface area is 114 Å². The van der Waals surface area contributed by atoms with Gasteiger partial charge in [0.2, 0.25) is 5.91 Å². The van der Waals surface area contributed by atoms with Gasteiger partial charge in [-0.15, -0.1) is 0 Å². The van der Waals surface area contributed by atoms with Crippen LogP contribution in [0, 0.1) is 11.7 Å². The summed E-state index contributed by atoms with van der Waals surface area (Å²) in [6.07, 6.45) is 0. The summed E-state index contributed by atoms with van der Waals surface area (Å²) >= 11 is 0. The third-order valence-electron chi connectivity index (χ3n) is 3.53. The van der Waals surface area contributed by atoms with E-state index in [1.54, 1.807) is 6.07 Å². The van der Waals surface area contributed by atoms with E-state index in [4.69, 9.17) is 0 Å². The maximum Gasteiger partial charge on any atom is 0.225 e. The molecule has 19 heavy (non-hydrogen) atoms. The Hall–Kier alpha value is -1.42. The van der Waals surface area contributed by atoms with Crippen LogP contribution in [-0.2, 0) is 11.3 Å². The summed E-state index contributed by atoms with van der Waals surface area (Å²) in [7, 11) is 0. The quantitative estimate of drug-likeness (QED) is 0.835. The van der Waals surface area contributed by atoms with Crippen molar-refractivity contribution in [2.24, 2.45) is 5.92 Å². The van der Waals surface area contributed by atoms with Crippen molar-refractivity contribution in [3.8, 4) is 0 Å². The molecule has 1 fully saturated rings. The van der Waals surface area contributed by atoms with Gasteiger partial charge in [-0.2, -0.15) is 0 Å². The number of carbonyl (C=O) groups is 1. The molecular weight excluding hydrogens is 243 g/mol. The molecule has 1 saturated heterocycles. The van der Waals surface area contributed by atoms with Crippen LogP contribution in [0.4, 0.5) is 4.39 Å². The lowest BCUT2D eigenvalue weighted by Crippen LogP contribution is -2.49. The summed E-state index contributed by atoms with van der Waals surface area (Å²) < 4.78 is 13.6. The van der Waals surface area contributed by atoms with Crippen LogP contribution in [0.5, 0.6) is 0 Å². The van der Waals surface area contributed by atoms with Crippen LogP contribution in [0.15, 0.2) is 24.3 Å². The van der Waals surface area contributed by atoms with Gasteiger partial charge in [0.05, 0.1) is 0 Å². The summed E-state index contributed by atoms with van der Waals surface area (Å²) in [6.45, 7) is 7.58. The van der Waals surface area contributed by atoms with Crippen molar-refractivity contribution in [1.82, 2.24) is 9.80 Å². The molecule has 0 saturated carbocycles. The van der Waals surface area contributed by atoms with Crippen LogP contribution in [0.25, 0.3) is 0 Å². The first-order chi connectivity index (χ1) is 9.08. The van der Waals surface area contributed by atoms with Crippen molar-refractivity contribution in [1.29, 1.82) is 0 Å². The highest BCUT2D eigenvalue weighted by Crippen LogP contribution is 2.13. The Morgan fingerprint density at radius 1 is 1.21 bits per heavy atom. The Kier molecular flexibility index (Phi) is 4.53. The molecule has 0 aromatic heterocycles. The number of carbonyl (C=O) groups excluding carboxylic acids is 1. The van der Waals surface area contributed by atoms with Gasteiger partial charge in [-0.25, -0.2) is 4.39 Å². The average molecular weight is 264 g/mol. The van der Waals surface area contributed by atoms with E-state index < -0.39 is 0 Å². The number of piperazine rings is 1. The average Bonchev–Trinajstić information content (AvgIpc) is 2.41. The van der Waals surface area contributed by atoms with Gasteiger partial charge in [0.25, 0.3) is 0 Å². The second-order valence-electron chi connectivity index (χ2n) is 5.35. The predicted molar refractivity (Wildman–Crippen MR) is 73.1 cm³/mol. The molecule has 1 aliphatic rings. The van der Waals surface area contributed by atoms with E-state index in [1.165, 1.54) is 6.07 Å². The molecule has 0 unspecified atom stereocenters. The SMILES string of the molecule is CC(C)C(=O)N1CCN(Cc2ccccc2F)CC1. The lowest BCUT2D eigenvalue weighted by molar-refractivity contribution is -0.136. The molecular formula is C15H21FN2O. The lowest BCUT2D eigenvalue weighted by Gasteiger charge is -2.35. The van der Waals surface area contributed by atoms with Gasteiger partial charge in [0, 0.05) is 44.2 Å². The fourth-order valence-corrected chi connectivity index (χ4v) is 2.36. The molecule has 4 heteroatoms. The molecule has 2 rings (SSSR count). The van der Waals surface area contributed by atoms with E-state index in [0.29, 0.717) is 6.54 Å². The monoisotopic (exact) mass is 264 g/mol. The van der Waals surface area contributed by atoms with Crippen molar-refractivity contribution < 1.29 is 9.18 Å². The molecule has 0 spiro atoms. The molecule has 1 aromatic carbocycles. The summed E-state index contributed by atoms with van der Waals surface area (Å²) in [5, 5.41) is 0. The van der Waals surface area contributed by atoms with Crippen molar-refractivity contribution in [3.05, 3.63) is 35.6 Å². The van der Waals surface area contributed by atoms with Crippen LogP contribution in [0.2, 0.25) is 0 Å². The van der Waals surface area contributed by atoms with Crippen molar-refractivity contribution in [3.63, 3.8) is 0 Å². The van der Waals surface area contributed by atoms with Crippen LogP contribution in [0.3, 0.4) is 0 Å². The van der Waals surface area contributed by atoms with Crippen LogP contribution >= 0.6 is 0 Å². The van der Waals surface area contributed by atoms with Gasteiger partial charge < -0.3 is 4.90 Å². The number of rotatable bonds is 3. The molecule has 1 aliphatic heterocycles. The minimum Gasteiger partial charge on any atom is -0.340 e. The highest BCUT2D eigenvalue weighted by atomic mass is 19.1. The fraction of sp³-hybridized carbons (Fsp3) is 0.533. The van der Waals surface area contributed by atoms with Gasteiger partial charge in [0.1, 0.15) is 5.82 Å². The standard InChI is InChI=1S/C15H21FN2O/c1-12(2)15(19)18-9-7-17(8-10-18)11-13-5-3-4-6-14(13)16/h3-6,12H,7-11H2,1-2H3. The largest absolute Gasteiger partial charge is 0.340 e. The van der Waals surface area contributed by atoms with E-state index in [2.05, 4.69) is 4.90 Å². The topological polar surface area (TPSA) is 23.6 Å². The molecule has 3 nitrogen and oxygen atoms in total. The third-order valence-corrected chi connectivity index (χ3v) is 3.53. The third kappa shape index (κ3) is 3.53. The van der Waals surface area contributed by atoms with Gasteiger partial charge >= 0.3 is 0 Å². The Morgan fingerprint density at radius 2 is 1.84 bits per heavy atom. The van der Waals surface area contributed by atoms with Crippen molar-refractivity contribution >= 4 is 5.91 Å². The molecule has 1 heterocycles. The van der Waals surface area contributed by atoms with Crippen LogP contribution in [-0.4, -0.2) is 41.9 Å². The summed E-state index contributed by atoms with van der Waals surface area (Å²) in [5.41, 5.74) is 0.728. The number of hydrogen-bond acceptors (Lipinski definition) is 2. The number of nitrogens with zero attached hydrogens (tertiary/aromatic N) is 2. The highest BCUT2D eigenvalue weighted by molar-refractivity contribution is 5.78. The van der Waals surface area contributed by atoms with E-state index in [-0.39, 0.29) is 17.6 Å². The molecule has 0 radical (unpaired) electrons. The molecule has 0 N–H and O–H groups in total. The molecule has 1 aromatic rings. The predicted octanol–water partition coefficient (Wildman–Crippen LogP) is 2.13. The summed E-state index contributed by atoms with van der Waals surface area (Å²) in [5.74, 6) is 0.117. The number of amides is 1. The number of hydrogen-bond donors (Lipinski definition) is 0. The molecule has 0 atom stereocenters. The maximum absolute atomic E-state index is 13.6. The minimum atomic E-state index is -0.150. The van der Waals surface area contributed by atoms with Crippen molar-refractivity contribution in [2.45, 2.75) is 20.4 Å². The molecule has 0 aliphatic carbocycles. The van der Waals surface area contributed by atoms with E-state index in [1.807, 2.05) is 30.9 Å². The molecule has 104 valence electrons. The maximum atomic E-state index is 13.6.